The lowest BCUT2D eigenvalue weighted by Gasteiger charge is -2.38. The van der Waals surface area contributed by atoms with E-state index >= 15 is 0 Å². The van der Waals surface area contributed by atoms with Crippen LogP contribution in [-0.4, -0.2) is 26.2 Å². The number of aliphatic hydroxyl groups excluding tert-OH is 1. The van der Waals surface area contributed by atoms with Gasteiger partial charge in [0.2, 0.25) is 0 Å². The van der Waals surface area contributed by atoms with Crippen molar-refractivity contribution < 1.29 is 5.11 Å². The van der Waals surface area contributed by atoms with Crippen LogP contribution < -0.4 is 10.6 Å². The van der Waals surface area contributed by atoms with Crippen molar-refractivity contribution in [2.75, 3.05) is 0 Å². The first-order chi connectivity index (χ1) is 8.60. The predicted octanol–water partition coefficient (Wildman–Crippen LogP) is 2.92. The van der Waals surface area contributed by atoms with E-state index in [0.717, 1.165) is 17.6 Å². The van der Waals surface area contributed by atoms with Gasteiger partial charge in [-0.05, 0) is 45.8 Å². The van der Waals surface area contributed by atoms with Crippen molar-refractivity contribution in [1.29, 1.82) is 0 Å². The molecule has 0 radical (unpaired) electrons. The minimum Gasteiger partial charge on any atom is -0.511 e. The molecule has 104 valence electrons. The van der Waals surface area contributed by atoms with Gasteiger partial charge >= 0.3 is 0 Å². The molecule has 3 N–H and O–H groups in total. The summed E-state index contributed by atoms with van der Waals surface area (Å²) in [6.45, 7) is 8.23. The first-order valence-electron chi connectivity index (χ1n) is 6.37. The highest BCUT2D eigenvalue weighted by atomic mass is 32.1. The number of hydrogen-bond acceptors (Lipinski definition) is 3. The summed E-state index contributed by atoms with van der Waals surface area (Å²) < 4.78 is 0. The Balaban J connectivity index is 2.41. The molecule has 2 aliphatic rings. The molecule has 19 heavy (non-hydrogen) atoms. The predicted molar refractivity (Wildman–Crippen MR) is 86.6 cm³/mol. The number of aliphatic hydroxyl groups is 1. The molecule has 0 aliphatic carbocycles. The minimum absolute atomic E-state index is 0.114. The van der Waals surface area contributed by atoms with Crippen LogP contribution in [0.4, 0.5) is 0 Å². The van der Waals surface area contributed by atoms with Crippen molar-refractivity contribution in [2.24, 2.45) is 0 Å². The molecule has 0 aromatic carbocycles. The molecule has 0 bridgehead atoms. The molecule has 0 atom stereocenters. The van der Waals surface area contributed by atoms with E-state index in [4.69, 9.17) is 24.4 Å². The molecule has 0 fully saturated rings. The minimum atomic E-state index is -0.200. The number of rotatable bonds is 1. The molecule has 0 aromatic rings. The molecule has 0 saturated heterocycles. The van der Waals surface area contributed by atoms with E-state index in [0.29, 0.717) is 22.2 Å². The van der Waals surface area contributed by atoms with Crippen molar-refractivity contribution in [3.63, 3.8) is 0 Å². The van der Waals surface area contributed by atoms with Crippen LogP contribution in [0.1, 0.15) is 40.5 Å². The lowest BCUT2D eigenvalue weighted by Crippen LogP contribution is -2.50. The first-order valence-corrected chi connectivity index (χ1v) is 7.19. The lowest BCUT2D eigenvalue weighted by atomic mass is 9.83. The van der Waals surface area contributed by atoms with Crippen molar-refractivity contribution in [3.05, 3.63) is 23.0 Å². The van der Waals surface area contributed by atoms with E-state index in [1.54, 1.807) is 0 Å². The van der Waals surface area contributed by atoms with Gasteiger partial charge in [-0.3, -0.25) is 0 Å². The highest BCUT2D eigenvalue weighted by molar-refractivity contribution is 7.81. The summed E-state index contributed by atoms with van der Waals surface area (Å²) in [7, 11) is 0. The van der Waals surface area contributed by atoms with Crippen LogP contribution >= 0.6 is 24.4 Å². The zero-order chi connectivity index (χ0) is 14.4. The molecular formula is C14H20N2OS2. The maximum absolute atomic E-state index is 10.3. The molecular weight excluding hydrogens is 276 g/mol. The number of nitrogens with one attached hydrogen (secondary N) is 2. The summed E-state index contributed by atoms with van der Waals surface area (Å²) in [5.74, 6) is 0.362. The third-order valence-corrected chi connectivity index (χ3v) is 3.82. The second-order valence-corrected chi connectivity index (χ2v) is 7.40. The van der Waals surface area contributed by atoms with Crippen molar-refractivity contribution in [1.82, 2.24) is 10.6 Å². The maximum Gasteiger partial charge on any atom is 0.110 e. The van der Waals surface area contributed by atoms with E-state index in [-0.39, 0.29) is 11.1 Å². The largest absolute Gasteiger partial charge is 0.511 e. The Bertz CT molecular complexity index is 516. The van der Waals surface area contributed by atoms with Gasteiger partial charge in [-0.15, -0.1) is 0 Å². The Morgan fingerprint density at radius 3 is 2.16 bits per heavy atom. The van der Waals surface area contributed by atoms with Crippen LogP contribution in [0.2, 0.25) is 0 Å². The molecule has 0 saturated carbocycles. The Kier molecular flexibility index (Phi) is 3.47. The number of hydrogen-bond donors (Lipinski definition) is 3. The normalized spacial score (nSPS) is 25.6. The van der Waals surface area contributed by atoms with Gasteiger partial charge in [0.25, 0.3) is 0 Å². The highest BCUT2D eigenvalue weighted by Crippen LogP contribution is 2.33. The van der Waals surface area contributed by atoms with Crippen LogP contribution in [0.3, 0.4) is 0 Å². The van der Waals surface area contributed by atoms with Gasteiger partial charge in [-0.25, -0.2) is 0 Å². The van der Waals surface area contributed by atoms with E-state index in [1.165, 1.54) is 0 Å². The summed E-state index contributed by atoms with van der Waals surface area (Å²) in [5.41, 5.74) is 1.45. The zero-order valence-electron chi connectivity index (χ0n) is 11.8. The van der Waals surface area contributed by atoms with E-state index in [9.17, 15) is 5.11 Å². The third kappa shape index (κ3) is 3.15. The highest BCUT2D eigenvalue weighted by Gasteiger charge is 2.34. The van der Waals surface area contributed by atoms with Crippen LogP contribution in [-0.2, 0) is 0 Å². The summed E-state index contributed by atoms with van der Waals surface area (Å²) in [6.07, 6.45) is 3.26. The molecule has 0 unspecified atom stereocenters. The van der Waals surface area contributed by atoms with E-state index < -0.39 is 0 Å². The Hall–Kier alpha value is -0.940. The SMILES string of the molecule is CC1(C)CC(C2=C(O)CC(C)(C)NC2=S)=CC(=S)N1. The Labute approximate surface area is 125 Å². The van der Waals surface area contributed by atoms with Crippen LogP contribution in [0.25, 0.3) is 0 Å². The quantitative estimate of drug-likeness (QED) is 0.649. The molecule has 2 aliphatic heterocycles. The van der Waals surface area contributed by atoms with E-state index in [1.807, 2.05) is 19.9 Å². The van der Waals surface area contributed by atoms with Crippen LogP contribution in [0.15, 0.2) is 23.0 Å². The Morgan fingerprint density at radius 1 is 1.05 bits per heavy atom. The summed E-state index contributed by atoms with van der Waals surface area (Å²) in [5, 5.41) is 16.9. The monoisotopic (exact) mass is 296 g/mol. The fourth-order valence-electron chi connectivity index (χ4n) is 2.64. The molecule has 3 nitrogen and oxygen atoms in total. The average molecular weight is 296 g/mol. The molecule has 0 spiro atoms. The van der Waals surface area contributed by atoms with Crippen molar-refractivity contribution in [3.8, 4) is 0 Å². The molecule has 2 heterocycles. The second kappa shape index (κ2) is 4.56. The summed E-state index contributed by atoms with van der Waals surface area (Å²) in [6, 6.07) is 0. The third-order valence-electron chi connectivity index (χ3n) is 3.30. The average Bonchev–Trinajstić information content (AvgIpc) is 2.09. The van der Waals surface area contributed by atoms with Crippen LogP contribution in [0.5, 0.6) is 0 Å². The first kappa shape index (κ1) is 14.5. The van der Waals surface area contributed by atoms with E-state index in [2.05, 4.69) is 24.5 Å². The fraction of sp³-hybridized carbons (Fsp3) is 0.571. The van der Waals surface area contributed by atoms with Crippen molar-refractivity contribution >= 4 is 34.4 Å². The zero-order valence-corrected chi connectivity index (χ0v) is 13.4. The Morgan fingerprint density at radius 2 is 1.63 bits per heavy atom. The van der Waals surface area contributed by atoms with Gasteiger partial charge < -0.3 is 15.7 Å². The topological polar surface area (TPSA) is 44.3 Å². The maximum atomic E-state index is 10.3. The van der Waals surface area contributed by atoms with Gasteiger partial charge in [0.05, 0.1) is 4.99 Å². The van der Waals surface area contributed by atoms with Gasteiger partial charge in [0, 0.05) is 23.1 Å². The number of thiocarbonyl (C=S) groups is 2. The molecule has 5 heteroatoms. The smallest absolute Gasteiger partial charge is 0.110 e. The molecule has 0 amide bonds. The van der Waals surface area contributed by atoms with Gasteiger partial charge in [-0.1, -0.05) is 24.4 Å². The fourth-order valence-corrected chi connectivity index (χ4v) is 3.59. The van der Waals surface area contributed by atoms with Gasteiger partial charge in [0.15, 0.2) is 0 Å². The van der Waals surface area contributed by atoms with Gasteiger partial charge in [-0.2, -0.15) is 0 Å². The lowest BCUT2D eigenvalue weighted by molar-refractivity contribution is 0.317. The second-order valence-electron chi connectivity index (χ2n) is 6.56. The summed E-state index contributed by atoms with van der Waals surface area (Å²) in [4.78, 5) is 1.31. The van der Waals surface area contributed by atoms with Gasteiger partial charge in [0.1, 0.15) is 10.7 Å². The van der Waals surface area contributed by atoms with Crippen LogP contribution in [0, 0.1) is 0 Å². The molecule has 0 aromatic heterocycles. The van der Waals surface area contributed by atoms with Crippen molar-refractivity contribution in [2.45, 2.75) is 51.6 Å². The summed E-state index contributed by atoms with van der Waals surface area (Å²) >= 11 is 10.7. The standard InChI is InChI=1S/C14H20N2OS2/c1-13(2)6-8(5-10(18)15-13)11-9(17)7-14(3,4)16-12(11)19/h5,17H,6-7H2,1-4H3,(H,15,18)(H,16,19). The molecule has 2 rings (SSSR count).